The van der Waals surface area contributed by atoms with Crippen molar-refractivity contribution in [1.82, 2.24) is 10.2 Å². The molecule has 1 unspecified atom stereocenters. The lowest BCUT2D eigenvalue weighted by molar-refractivity contribution is -0.136. The molecule has 6 nitrogen and oxygen atoms in total. The lowest BCUT2D eigenvalue weighted by Gasteiger charge is -2.34. The Hall–Kier alpha value is -1.14. The molecule has 1 saturated heterocycles. The van der Waals surface area contributed by atoms with Crippen LogP contribution >= 0.6 is 0 Å². The number of hydrogen-bond acceptors (Lipinski definition) is 4. The van der Waals surface area contributed by atoms with Gasteiger partial charge in [-0.1, -0.05) is 0 Å². The molecule has 0 aromatic rings. The number of carbonyl (C=O) groups excluding carboxylic acids is 2. The molecule has 1 heterocycles. The summed E-state index contributed by atoms with van der Waals surface area (Å²) in [5.41, 5.74) is 5.36. The minimum absolute atomic E-state index is 0.0129. The SMILES string of the molecule is COCC(=O)N1CCC(NC(=O)C(C)(N)C2CC2)CC1. The van der Waals surface area contributed by atoms with Crippen LogP contribution in [0.1, 0.15) is 32.6 Å². The first-order valence-electron chi connectivity index (χ1n) is 7.31. The number of nitrogens with two attached hydrogens (primary N) is 1. The van der Waals surface area contributed by atoms with E-state index in [1.54, 1.807) is 4.90 Å². The molecule has 2 aliphatic rings. The van der Waals surface area contributed by atoms with Gasteiger partial charge in [-0.2, -0.15) is 0 Å². The minimum atomic E-state index is -0.747. The van der Waals surface area contributed by atoms with Gasteiger partial charge in [-0.3, -0.25) is 9.59 Å². The Morgan fingerprint density at radius 1 is 1.30 bits per heavy atom. The largest absolute Gasteiger partial charge is 0.375 e. The maximum atomic E-state index is 12.2. The highest BCUT2D eigenvalue weighted by atomic mass is 16.5. The lowest BCUT2D eigenvalue weighted by atomic mass is 9.94. The topological polar surface area (TPSA) is 84.7 Å². The van der Waals surface area contributed by atoms with Gasteiger partial charge in [0.15, 0.2) is 0 Å². The third-order valence-corrected chi connectivity index (χ3v) is 4.37. The van der Waals surface area contributed by atoms with E-state index in [-0.39, 0.29) is 24.5 Å². The van der Waals surface area contributed by atoms with Crippen molar-refractivity contribution in [3.05, 3.63) is 0 Å². The zero-order chi connectivity index (χ0) is 14.8. The zero-order valence-corrected chi connectivity index (χ0v) is 12.4. The van der Waals surface area contributed by atoms with Gasteiger partial charge in [0, 0.05) is 26.2 Å². The van der Waals surface area contributed by atoms with Crippen LogP contribution in [0.2, 0.25) is 0 Å². The second-order valence-corrected chi connectivity index (χ2v) is 6.12. The first-order chi connectivity index (χ1) is 9.45. The third-order valence-electron chi connectivity index (χ3n) is 4.37. The summed E-state index contributed by atoms with van der Waals surface area (Å²) in [6.45, 7) is 3.27. The van der Waals surface area contributed by atoms with E-state index in [0.717, 1.165) is 25.7 Å². The van der Waals surface area contributed by atoms with Gasteiger partial charge in [-0.05, 0) is 38.5 Å². The van der Waals surface area contributed by atoms with Crippen LogP contribution in [0.4, 0.5) is 0 Å². The molecule has 2 rings (SSSR count). The molecule has 0 aromatic heterocycles. The van der Waals surface area contributed by atoms with Crippen molar-refractivity contribution in [1.29, 1.82) is 0 Å². The molecule has 1 aliphatic heterocycles. The fourth-order valence-corrected chi connectivity index (χ4v) is 2.70. The monoisotopic (exact) mass is 283 g/mol. The lowest BCUT2D eigenvalue weighted by Crippen LogP contribution is -2.57. The molecule has 0 radical (unpaired) electrons. The van der Waals surface area contributed by atoms with E-state index in [4.69, 9.17) is 10.5 Å². The van der Waals surface area contributed by atoms with Crippen LogP contribution in [0, 0.1) is 5.92 Å². The van der Waals surface area contributed by atoms with Crippen molar-refractivity contribution in [2.24, 2.45) is 11.7 Å². The summed E-state index contributed by atoms with van der Waals surface area (Å²) in [7, 11) is 1.52. The van der Waals surface area contributed by atoms with Crippen LogP contribution in [0.25, 0.3) is 0 Å². The summed E-state index contributed by atoms with van der Waals surface area (Å²) in [4.78, 5) is 25.7. The molecule has 6 heteroatoms. The molecule has 1 aliphatic carbocycles. The molecule has 1 saturated carbocycles. The number of likely N-dealkylation sites (tertiary alicyclic amines) is 1. The Morgan fingerprint density at radius 3 is 2.40 bits per heavy atom. The average Bonchev–Trinajstić information content (AvgIpc) is 3.24. The summed E-state index contributed by atoms with van der Waals surface area (Å²) in [6, 6.07) is 0.121. The highest BCUT2D eigenvalue weighted by Gasteiger charge is 2.44. The number of hydrogen-bond donors (Lipinski definition) is 2. The molecule has 0 aromatic carbocycles. The first kappa shape index (κ1) is 15.3. The Kier molecular flexibility index (Phi) is 4.65. The molecule has 0 bridgehead atoms. The fraction of sp³-hybridized carbons (Fsp3) is 0.857. The zero-order valence-electron chi connectivity index (χ0n) is 12.4. The quantitative estimate of drug-likeness (QED) is 0.736. The van der Waals surface area contributed by atoms with E-state index in [1.165, 1.54) is 7.11 Å². The number of nitrogens with one attached hydrogen (secondary N) is 1. The summed E-state index contributed by atoms with van der Waals surface area (Å²) in [6.07, 6.45) is 3.65. The molecule has 1 atom stereocenters. The van der Waals surface area contributed by atoms with Crippen molar-refractivity contribution in [2.45, 2.75) is 44.2 Å². The predicted molar refractivity (Wildman–Crippen MR) is 74.9 cm³/mol. The van der Waals surface area contributed by atoms with Gasteiger partial charge >= 0.3 is 0 Å². The van der Waals surface area contributed by atoms with Crippen LogP contribution in [0.15, 0.2) is 0 Å². The maximum Gasteiger partial charge on any atom is 0.248 e. The van der Waals surface area contributed by atoms with Gasteiger partial charge in [0.2, 0.25) is 11.8 Å². The first-order valence-corrected chi connectivity index (χ1v) is 7.31. The van der Waals surface area contributed by atoms with Gasteiger partial charge in [-0.25, -0.2) is 0 Å². The van der Waals surface area contributed by atoms with E-state index in [1.807, 2.05) is 6.92 Å². The maximum absolute atomic E-state index is 12.2. The number of rotatable bonds is 5. The number of methoxy groups -OCH3 is 1. The van der Waals surface area contributed by atoms with E-state index >= 15 is 0 Å². The molecule has 0 spiro atoms. The predicted octanol–water partition coefficient (Wildman–Crippen LogP) is -0.133. The highest BCUT2D eigenvalue weighted by Crippen LogP contribution is 2.38. The smallest absolute Gasteiger partial charge is 0.248 e. The molecule has 2 amide bonds. The van der Waals surface area contributed by atoms with Crippen molar-refractivity contribution < 1.29 is 14.3 Å². The van der Waals surface area contributed by atoms with Gasteiger partial charge in [0.1, 0.15) is 6.61 Å². The molecule has 20 heavy (non-hydrogen) atoms. The summed E-state index contributed by atoms with van der Waals surface area (Å²) in [5, 5.41) is 3.04. The second kappa shape index (κ2) is 6.10. The summed E-state index contributed by atoms with van der Waals surface area (Å²) in [5.74, 6) is 0.284. The Morgan fingerprint density at radius 2 is 1.90 bits per heavy atom. The van der Waals surface area contributed by atoms with Crippen molar-refractivity contribution in [3.63, 3.8) is 0 Å². The summed E-state index contributed by atoms with van der Waals surface area (Å²) < 4.78 is 4.85. The van der Waals surface area contributed by atoms with Crippen LogP contribution in [0.5, 0.6) is 0 Å². The van der Waals surface area contributed by atoms with E-state index in [0.29, 0.717) is 19.0 Å². The molecule has 2 fully saturated rings. The molecular formula is C14H25N3O3. The van der Waals surface area contributed by atoms with Crippen molar-refractivity contribution in [3.8, 4) is 0 Å². The minimum Gasteiger partial charge on any atom is -0.375 e. The average molecular weight is 283 g/mol. The standard InChI is InChI=1S/C14H25N3O3/c1-14(15,10-3-4-10)13(19)16-11-5-7-17(8-6-11)12(18)9-20-2/h10-11H,3-9,15H2,1-2H3,(H,16,19). The van der Waals surface area contributed by atoms with Crippen LogP contribution in [0.3, 0.4) is 0 Å². The van der Waals surface area contributed by atoms with E-state index in [2.05, 4.69) is 5.32 Å². The highest BCUT2D eigenvalue weighted by molar-refractivity contribution is 5.86. The number of amides is 2. The fourth-order valence-electron chi connectivity index (χ4n) is 2.70. The van der Waals surface area contributed by atoms with Crippen LogP contribution in [-0.4, -0.2) is 55.1 Å². The summed E-state index contributed by atoms with van der Waals surface area (Å²) >= 11 is 0. The van der Waals surface area contributed by atoms with E-state index < -0.39 is 5.54 Å². The third kappa shape index (κ3) is 3.49. The van der Waals surface area contributed by atoms with Crippen molar-refractivity contribution >= 4 is 11.8 Å². The van der Waals surface area contributed by atoms with E-state index in [9.17, 15) is 9.59 Å². The van der Waals surface area contributed by atoms with Gasteiger partial charge in [0.25, 0.3) is 0 Å². The number of nitrogens with zero attached hydrogens (tertiary/aromatic N) is 1. The number of ether oxygens (including phenoxy) is 1. The van der Waals surface area contributed by atoms with Gasteiger partial charge in [0.05, 0.1) is 5.54 Å². The second-order valence-electron chi connectivity index (χ2n) is 6.12. The molecule has 3 N–H and O–H groups in total. The van der Waals surface area contributed by atoms with Crippen LogP contribution in [-0.2, 0) is 14.3 Å². The Bertz CT molecular complexity index is 372. The molecule has 114 valence electrons. The Labute approximate surface area is 120 Å². The number of carbonyl (C=O) groups is 2. The molecular weight excluding hydrogens is 258 g/mol. The number of piperidine rings is 1. The van der Waals surface area contributed by atoms with Gasteiger partial charge < -0.3 is 20.7 Å². The van der Waals surface area contributed by atoms with Crippen molar-refractivity contribution in [2.75, 3.05) is 26.8 Å². The van der Waals surface area contributed by atoms with Crippen LogP contribution < -0.4 is 11.1 Å². The van der Waals surface area contributed by atoms with Gasteiger partial charge in [-0.15, -0.1) is 0 Å². The Balaban J connectivity index is 1.77. The normalized spacial score (nSPS) is 23.2.